The van der Waals surface area contributed by atoms with Gasteiger partial charge in [-0.2, -0.15) is 5.10 Å². The normalized spacial score (nSPS) is 11.0. The van der Waals surface area contributed by atoms with Gasteiger partial charge in [-0.15, -0.1) is 0 Å². The lowest BCUT2D eigenvalue weighted by molar-refractivity contribution is -0.121. The predicted molar refractivity (Wildman–Crippen MR) is 84.1 cm³/mol. The molecule has 0 aliphatic carbocycles. The minimum Gasteiger partial charge on any atom is -0.478 e. The van der Waals surface area contributed by atoms with Crippen molar-refractivity contribution in [2.75, 3.05) is 6.54 Å². The van der Waals surface area contributed by atoms with Crippen LogP contribution in [0.1, 0.15) is 15.9 Å². The fourth-order valence-electron chi connectivity index (χ4n) is 2.55. The molecule has 1 amide bonds. The van der Waals surface area contributed by atoms with E-state index in [1.807, 2.05) is 0 Å². The van der Waals surface area contributed by atoms with Crippen molar-refractivity contribution in [1.29, 1.82) is 0 Å². The number of benzene rings is 1. The van der Waals surface area contributed by atoms with Crippen LogP contribution in [0.2, 0.25) is 0 Å². The molecule has 0 atom stereocenters. The van der Waals surface area contributed by atoms with Crippen molar-refractivity contribution in [2.45, 2.75) is 13.0 Å². The van der Waals surface area contributed by atoms with Gasteiger partial charge >= 0.3 is 5.97 Å². The van der Waals surface area contributed by atoms with E-state index in [2.05, 4.69) is 15.4 Å². The lowest BCUT2D eigenvalue weighted by atomic mass is 10.1. The summed E-state index contributed by atoms with van der Waals surface area (Å²) in [6, 6.07) is 2.02. The van der Waals surface area contributed by atoms with Gasteiger partial charge in [-0.25, -0.2) is 13.6 Å². The molecule has 3 N–H and O–H groups in total. The zero-order chi connectivity index (χ0) is 18.0. The number of nitrogens with zero attached hydrogens (tertiary/aromatic N) is 2. The number of nitrogens with one attached hydrogen (secondary N) is 2. The van der Waals surface area contributed by atoms with Gasteiger partial charge in [0.2, 0.25) is 5.91 Å². The molecule has 3 aromatic rings. The Morgan fingerprint density at radius 3 is 2.84 bits per heavy atom. The number of aromatic amines is 1. The van der Waals surface area contributed by atoms with Crippen LogP contribution < -0.4 is 5.32 Å². The standard InChI is InChI=1S/C16H14F2N4O3/c17-11-3-12(18)15-9(5-20-13(15)4-11)1-2-19-14(23)8-22-7-10(6-21-22)16(24)25/h3-7,20H,1-2,8H2,(H,19,23)(H,24,25). The van der Waals surface area contributed by atoms with E-state index in [4.69, 9.17) is 5.11 Å². The Bertz CT molecular complexity index is 948. The molecule has 9 heteroatoms. The first-order valence-corrected chi connectivity index (χ1v) is 7.41. The van der Waals surface area contributed by atoms with Gasteiger partial charge in [-0.05, 0) is 18.1 Å². The van der Waals surface area contributed by atoms with E-state index >= 15 is 0 Å². The number of carbonyl (C=O) groups is 2. The highest BCUT2D eigenvalue weighted by molar-refractivity contribution is 5.87. The fraction of sp³-hybridized carbons (Fsp3) is 0.188. The summed E-state index contributed by atoms with van der Waals surface area (Å²) in [7, 11) is 0. The molecule has 0 saturated heterocycles. The first-order chi connectivity index (χ1) is 11.9. The lowest BCUT2D eigenvalue weighted by Crippen LogP contribution is -2.29. The average molecular weight is 348 g/mol. The molecule has 2 heterocycles. The quantitative estimate of drug-likeness (QED) is 0.631. The molecule has 0 saturated carbocycles. The van der Waals surface area contributed by atoms with Gasteiger partial charge in [0.15, 0.2) is 0 Å². The number of carbonyl (C=O) groups excluding carboxylic acids is 1. The van der Waals surface area contributed by atoms with Crippen molar-refractivity contribution in [1.82, 2.24) is 20.1 Å². The predicted octanol–water partition coefficient (Wildman–Crippen LogP) is 1.70. The summed E-state index contributed by atoms with van der Waals surface area (Å²) in [6.45, 7) is 0.121. The Morgan fingerprint density at radius 2 is 2.12 bits per heavy atom. The SMILES string of the molecule is O=C(Cn1cc(C(=O)O)cn1)NCCc1c[nH]c2cc(F)cc(F)c12. The molecular weight excluding hydrogens is 334 g/mol. The maximum atomic E-state index is 13.9. The Kier molecular flexibility index (Phi) is 4.46. The van der Waals surface area contributed by atoms with Crippen molar-refractivity contribution in [2.24, 2.45) is 0 Å². The maximum Gasteiger partial charge on any atom is 0.338 e. The third-order valence-electron chi connectivity index (χ3n) is 3.68. The van der Waals surface area contributed by atoms with Crippen LogP contribution in [0.25, 0.3) is 10.9 Å². The lowest BCUT2D eigenvalue weighted by Gasteiger charge is -2.05. The fourth-order valence-corrected chi connectivity index (χ4v) is 2.55. The van der Waals surface area contributed by atoms with Crippen LogP contribution in [0, 0.1) is 11.6 Å². The average Bonchev–Trinajstić information content (AvgIpc) is 3.14. The summed E-state index contributed by atoms with van der Waals surface area (Å²) in [5, 5.41) is 15.5. The monoisotopic (exact) mass is 348 g/mol. The summed E-state index contributed by atoms with van der Waals surface area (Å²) < 4.78 is 28.3. The van der Waals surface area contributed by atoms with Crippen LogP contribution in [-0.2, 0) is 17.8 Å². The summed E-state index contributed by atoms with van der Waals surface area (Å²) in [5.74, 6) is -2.79. The van der Waals surface area contributed by atoms with E-state index in [1.165, 1.54) is 16.9 Å². The number of aromatic carboxylic acids is 1. The smallest absolute Gasteiger partial charge is 0.338 e. The molecule has 25 heavy (non-hydrogen) atoms. The maximum absolute atomic E-state index is 13.9. The molecule has 1 aromatic carbocycles. The molecule has 0 bridgehead atoms. The molecule has 0 unspecified atom stereocenters. The van der Waals surface area contributed by atoms with Gasteiger partial charge in [0.05, 0.1) is 17.3 Å². The molecule has 7 nitrogen and oxygen atoms in total. The Morgan fingerprint density at radius 1 is 1.32 bits per heavy atom. The number of carboxylic acids is 1. The van der Waals surface area contributed by atoms with E-state index in [0.29, 0.717) is 22.9 Å². The van der Waals surface area contributed by atoms with Crippen molar-refractivity contribution in [3.63, 3.8) is 0 Å². The number of H-pyrrole nitrogens is 1. The summed E-state index contributed by atoms with van der Waals surface area (Å²) in [4.78, 5) is 25.4. The van der Waals surface area contributed by atoms with Crippen LogP contribution in [-0.4, -0.2) is 38.3 Å². The van der Waals surface area contributed by atoms with Gasteiger partial charge in [0.1, 0.15) is 18.2 Å². The highest BCUT2D eigenvalue weighted by atomic mass is 19.1. The molecule has 0 aliphatic rings. The second kappa shape index (κ2) is 6.71. The zero-order valence-corrected chi connectivity index (χ0v) is 12.9. The molecule has 0 radical (unpaired) electrons. The first-order valence-electron chi connectivity index (χ1n) is 7.41. The van der Waals surface area contributed by atoms with E-state index in [-0.39, 0.29) is 24.6 Å². The number of aromatic nitrogens is 3. The van der Waals surface area contributed by atoms with Crippen LogP contribution in [0.3, 0.4) is 0 Å². The van der Waals surface area contributed by atoms with Crippen molar-refractivity contribution >= 4 is 22.8 Å². The second-order valence-corrected chi connectivity index (χ2v) is 5.46. The number of halogens is 2. The number of amides is 1. The van der Waals surface area contributed by atoms with Crippen LogP contribution in [0.5, 0.6) is 0 Å². The van der Waals surface area contributed by atoms with E-state index in [9.17, 15) is 18.4 Å². The van der Waals surface area contributed by atoms with Gasteiger partial charge in [-0.1, -0.05) is 0 Å². The van der Waals surface area contributed by atoms with Crippen molar-refractivity contribution < 1.29 is 23.5 Å². The van der Waals surface area contributed by atoms with Crippen LogP contribution in [0.15, 0.2) is 30.7 Å². The van der Waals surface area contributed by atoms with E-state index in [0.717, 1.165) is 12.3 Å². The van der Waals surface area contributed by atoms with Crippen LogP contribution >= 0.6 is 0 Å². The van der Waals surface area contributed by atoms with Crippen molar-refractivity contribution in [3.8, 4) is 0 Å². The van der Waals surface area contributed by atoms with Gasteiger partial charge in [0.25, 0.3) is 0 Å². The molecule has 0 fully saturated rings. The molecule has 0 spiro atoms. The van der Waals surface area contributed by atoms with Gasteiger partial charge < -0.3 is 15.4 Å². The minimum atomic E-state index is -1.12. The zero-order valence-electron chi connectivity index (χ0n) is 12.9. The topological polar surface area (TPSA) is 100 Å². The molecule has 2 aromatic heterocycles. The van der Waals surface area contributed by atoms with Crippen molar-refractivity contribution in [3.05, 3.63) is 53.5 Å². The van der Waals surface area contributed by atoms with Gasteiger partial charge in [0, 0.05) is 30.4 Å². The Balaban J connectivity index is 1.57. The largest absolute Gasteiger partial charge is 0.478 e. The Hall–Kier alpha value is -3.23. The number of carboxylic acid groups (broad SMARTS) is 1. The summed E-state index contributed by atoms with van der Waals surface area (Å²) >= 11 is 0. The molecule has 3 rings (SSSR count). The summed E-state index contributed by atoms with van der Waals surface area (Å²) in [6.07, 6.45) is 4.34. The molecular formula is C16H14F2N4O3. The Labute approximate surface area is 140 Å². The minimum absolute atomic E-state index is 0.00528. The first kappa shape index (κ1) is 16.6. The molecule has 130 valence electrons. The van der Waals surface area contributed by atoms with Gasteiger partial charge in [-0.3, -0.25) is 9.48 Å². The molecule has 0 aliphatic heterocycles. The number of hydrogen-bond acceptors (Lipinski definition) is 3. The van der Waals surface area contributed by atoms with E-state index < -0.39 is 17.6 Å². The van der Waals surface area contributed by atoms with E-state index in [1.54, 1.807) is 6.20 Å². The number of hydrogen-bond donors (Lipinski definition) is 3. The highest BCUT2D eigenvalue weighted by Gasteiger charge is 2.12. The number of rotatable bonds is 6. The highest BCUT2D eigenvalue weighted by Crippen LogP contribution is 2.23. The van der Waals surface area contributed by atoms with Crippen LogP contribution in [0.4, 0.5) is 8.78 Å². The second-order valence-electron chi connectivity index (χ2n) is 5.46. The summed E-state index contributed by atoms with van der Waals surface area (Å²) in [5.41, 5.74) is 0.978. The third-order valence-corrected chi connectivity index (χ3v) is 3.68. The number of fused-ring (bicyclic) bond motifs is 1. The third kappa shape index (κ3) is 3.65.